The molecule has 0 saturated heterocycles. The normalized spacial score (nSPS) is 14.8. The van der Waals surface area contributed by atoms with E-state index in [1.54, 1.807) is 0 Å². The Kier molecular flexibility index (Phi) is 23.4. The maximum absolute atomic E-state index is 12.7. The fraction of sp³-hybridized carbons (Fsp3) is 0.871. The van der Waals surface area contributed by atoms with Gasteiger partial charge in [-0.15, -0.1) is 6.58 Å². The second kappa shape index (κ2) is 23.7. The van der Waals surface area contributed by atoms with E-state index < -0.39 is 7.60 Å². The number of hydrogen-bond acceptors (Lipinski definition) is 2. The van der Waals surface area contributed by atoms with Crippen LogP contribution < -0.4 is 0 Å². The first-order valence-electron chi connectivity index (χ1n) is 15.3. The Morgan fingerprint density at radius 1 is 0.722 bits per heavy atom. The minimum absolute atomic E-state index is 0.338. The Morgan fingerprint density at radius 2 is 1.11 bits per heavy atom. The van der Waals surface area contributed by atoms with Crippen molar-refractivity contribution in [3.63, 3.8) is 0 Å². The molecule has 0 aromatic rings. The van der Waals surface area contributed by atoms with E-state index in [-0.39, 0.29) is 5.78 Å². The zero-order chi connectivity index (χ0) is 27.0. The second-order valence-corrected chi connectivity index (χ2v) is 13.5. The molecule has 0 aromatic carbocycles. The van der Waals surface area contributed by atoms with Crippen LogP contribution in [0.4, 0.5) is 0 Å². The molecule has 0 fully saturated rings. The van der Waals surface area contributed by atoms with Crippen molar-refractivity contribution in [2.75, 3.05) is 27.7 Å². The SMILES string of the molecule is C=CCCCCCCCCCC/C=C\CCCCCCCCCCOP(=O)(O)C(CCC)[N+](C)(C)C. The Bertz CT molecular complexity index is 571. The van der Waals surface area contributed by atoms with Gasteiger partial charge in [-0.3, -0.25) is 4.57 Å². The average molecular weight is 529 g/mol. The standard InChI is InChI=1S/C31H62NO3P/c1-6-8-9-10-11-12-13-14-15-16-17-18-19-20-21-22-23-24-25-26-27-28-30-35-36(33,34)31(29-7-2)32(3,4)5/h6,18-19,31H,1,7-17,20-30H2,2-5H3/p+1/b19-18-. The molecular formula is C31H63NO3P+. The van der Waals surface area contributed by atoms with E-state index in [1.807, 2.05) is 27.2 Å². The summed E-state index contributed by atoms with van der Waals surface area (Å²) in [6, 6.07) is 0. The first-order chi connectivity index (χ1) is 17.3. The third-order valence-electron chi connectivity index (χ3n) is 7.05. The number of rotatable bonds is 27. The van der Waals surface area contributed by atoms with Crippen molar-refractivity contribution in [3.8, 4) is 0 Å². The van der Waals surface area contributed by atoms with Crippen molar-refractivity contribution >= 4 is 7.60 Å². The molecule has 1 N–H and O–H groups in total. The quantitative estimate of drug-likeness (QED) is 0.0499. The van der Waals surface area contributed by atoms with Crippen LogP contribution in [0.1, 0.15) is 142 Å². The molecule has 2 unspecified atom stereocenters. The summed E-state index contributed by atoms with van der Waals surface area (Å²) in [5.41, 5.74) is 0. The lowest BCUT2D eigenvalue weighted by molar-refractivity contribution is -0.883. The van der Waals surface area contributed by atoms with Gasteiger partial charge in [0.25, 0.3) is 0 Å². The van der Waals surface area contributed by atoms with Gasteiger partial charge in [0, 0.05) is 6.42 Å². The average Bonchev–Trinajstić information content (AvgIpc) is 2.82. The Morgan fingerprint density at radius 3 is 1.50 bits per heavy atom. The summed E-state index contributed by atoms with van der Waals surface area (Å²) in [6.45, 7) is 6.23. The lowest BCUT2D eigenvalue weighted by atomic mass is 10.1. The molecule has 0 radical (unpaired) electrons. The zero-order valence-electron chi connectivity index (χ0n) is 24.7. The van der Waals surface area contributed by atoms with E-state index in [2.05, 4.69) is 25.7 Å². The van der Waals surface area contributed by atoms with Crippen LogP contribution in [0.25, 0.3) is 0 Å². The predicted octanol–water partition coefficient (Wildman–Crippen LogP) is 10.2. The van der Waals surface area contributed by atoms with Gasteiger partial charge in [-0.05, 0) is 51.4 Å². The topological polar surface area (TPSA) is 46.5 Å². The summed E-state index contributed by atoms with van der Waals surface area (Å²) < 4.78 is 18.6. The molecule has 0 spiro atoms. The third-order valence-corrected chi connectivity index (χ3v) is 9.31. The Labute approximate surface area is 226 Å². The fourth-order valence-electron chi connectivity index (χ4n) is 4.80. The molecule has 36 heavy (non-hydrogen) atoms. The fourth-order valence-corrected chi connectivity index (χ4v) is 6.82. The van der Waals surface area contributed by atoms with Gasteiger partial charge in [-0.1, -0.05) is 102 Å². The third kappa shape index (κ3) is 21.7. The molecule has 0 aliphatic carbocycles. The Balaban J connectivity index is 3.46. The van der Waals surface area contributed by atoms with E-state index in [0.717, 1.165) is 19.3 Å². The van der Waals surface area contributed by atoms with Crippen LogP contribution in [0, 0.1) is 0 Å². The van der Waals surface area contributed by atoms with E-state index in [9.17, 15) is 9.46 Å². The number of hydrogen-bond donors (Lipinski definition) is 1. The van der Waals surface area contributed by atoms with Crippen LogP contribution in [0.2, 0.25) is 0 Å². The molecule has 214 valence electrons. The molecule has 0 aromatic heterocycles. The molecule has 0 heterocycles. The van der Waals surface area contributed by atoms with Crippen molar-refractivity contribution < 1.29 is 18.5 Å². The minimum Gasteiger partial charge on any atom is -0.320 e. The largest absolute Gasteiger partial charge is 0.385 e. The molecular weight excluding hydrogens is 465 g/mol. The lowest BCUT2D eigenvalue weighted by Gasteiger charge is -2.35. The van der Waals surface area contributed by atoms with Crippen molar-refractivity contribution in [2.45, 2.75) is 148 Å². The number of nitrogens with zero attached hydrogens (tertiary/aromatic N) is 1. The molecule has 0 saturated carbocycles. The number of unbranched alkanes of at least 4 members (excludes halogenated alkanes) is 17. The Hall–Kier alpha value is -0.410. The van der Waals surface area contributed by atoms with Gasteiger partial charge in [0.2, 0.25) is 0 Å². The van der Waals surface area contributed by atoms with Crippen LogP contribution in [0.15, 0.2) is 24.8 Å². The predicted molar refractivity (Wildman–Crippen MR) is 160 cm³/mol. The van der Waals surface area contributed by atoms with Crippen molar-refractivity contribution in [1.29, 1.82) is 0 Å². The van der Waals surface area contributed by atoms with Crippen LogP contribution >= 0.6 is 7.60 Å². The smallest absolute Gasteiger partial charge is 0.320 e. The highest BCUT2D eigenvalue weighted by atomic mass is 31.2. The molecule has 4 nitrogen and oxygen atoms in total. The maximum Gasteiger partial charge on any atom is 0.385 e. The van der Waals surface area contributed by atoms with E-state index in [4.69, 9.17) is 4.52 Å². The van der Waals surface area contributed by atoms with Crippen molar-refractivity contribution in [3.05, 3.63) is 24.8 Å². The molecule has 2 atom stereocenters. The second-order valence-electron chi connectivity index (χ2n) is 11.6. The molecule has 0 amide bonds. The highest BCUT2D eigenvalue weighted by Gasteiger charge is 2.41. The van der Waals surface area contributed by atoms with Crippen LogP contribution in [-0.4, -0.2) is 42.9 Å². The molecule has 5 heteroatoms. The summed E-state index contributed by atoms with van der Waals surface area (Å²) in [4.78, 5) is 10.4. The summed E-state index contributed by atoms with van der Waals surface area (Å²) >= 11 is 0. The minimum atomic E-state index is -3.57. The lowest BCUT2D eigenvalue weighted by Crippen LogP contribution is -2.45. The van der Waals surface area contributed by atoms with E-state index in [1.165, 1.54) is 109 Å². The maximum atomic E-state index is 12.7. The summed E-state index contributed by atoms with van der Waals surface area (Å²) in [7, 11) is 2.34. The highest BCUT2D eigenvalue weighted by Crippen LogP contribution is 2.51. The van der Waals surface area contributed by atoms with E-state index in [0.29, 0.717) is 17.5 Å². The van der Waals surface area contributed by atoms with Crippen molar-refractivity contribution in [2.24, 2.45) is 0 Å². The summed E-state index contributed by atoms with van der Waals surface area (Å²) in [5.74, 6) is -0.338. The number of allylic oxidation sites excluding steroid dienone is 3. The zero-order valence-corrected chi connectivity index (χ0v) is 25.6. The summed E-state index contributed by atoms with van der Waals surface area (Å²) in [6.07, 6.45) is 32.8. The summed E-state index contributed by atoms with van der Waals surface area (Å²) in [5, 5.41) is 0. The monoisotopic (exact) mass is 528 g/mol. The van der Waals surface area contributed by atoms with Crippen LogP contribution in [-0.2, 0) is 9.09 Å². The molecule has 0 rings (SSSR count). The van der Waals surface area contributed by atoms with E-state index >= 15 is 0 Å². The van der Waals surface area contributed by atoms with Crippen LogP contribution in [0.3, 0.4) is 0 Å². The van der Waals surface area contributed by atoms with Gasteiger partial charge in [0.1, 0.15) is 0 Å². The first kappa shape index (κ1) is 35.6. The van der Waals surface area contributed by atoms with Gasteiger partial charge in [0.05, 0.1) is 27.7 Å². The number of quaternary nitrogens is 1. The van der Waals surface area contributed by atoms with Crippen molar-refractivity contribution in [1.82, 2.24) is 0 Å². The first-order valence-corrected chi connectivity index (χ1v) is 16.9. The van der Waals surface area contributed by atoms with Gasteiger partial charge in [-0.2, -0.15) is 0 Å². The highest BCUT2D eigenvalue weighted by molar-refractivity contribution is 7.53. The van der Waals surface area contributed by atoms with Gasteiger partial charge < -0.3 is 13.9 Å². The molecule has 0 bridgehead atoms. The van der Waals surface area contributed by atoms with Gasteiger partial charge >= 0.3 is 7.60 Å². The molecule has 0 aliphatic rings. The van der Waals surface area contributed by atoms with Crippen LogP contribution in [0.5, 0.6) is 0 Å². The van der Waals surface area contributed by atoms with Gasteiger partial charge in [0.15, 0.2) is 5.78 Å². The molecule has 0 aliphatic heterocycles. The van der Waals surface area contributed by atoms with Gasteiger partial charge in [-0.25, -0.2) is 0 Å².